The zero-order valence-corrected chi connectivity index (χ0v) is 14.8. The summed E-state index contributed by atoms with van der Waals surface area (Å²) in [5.41, 5.74) is -0.725. The van der Waals surface area contributed by atoms with Gasteiger partial charge in [-0.05, 0) is 43.5 Å². The van der Waals surface area contributed by atoms with Crippen molar-refractivity contribution in [2.24, 2.45) is 0 Å². The number of ether oxygens (including phenoxy) is 1. The van der Waals surface area contributed by atoms with E-state index in [1.54, 1.807) is 11.0 Å². The maximum absolute atomic E-state index is 12.9. The van der Waals surface area contributed by atoms with Gasteiger partial charge in [-0.1, -0.05) is 12.1 Å². The highest BCUT2D eigenvalue weighted by Crippen LogP contribution is 2.25. The molecule has 0 aliphatic carbocycles. The van der Waals surface area contributed by atoms with E-state index in [2.05, 4.69) is 5.16 Å². The van der Waals surface area contributed by atoms with Crippen molar-refractivity contribution in [2.75, 3.05) is 19.7 Å². The molecule has 0 radical (unpaired) electrons. The van der Waals surface area contributed by atoms with Gasteiger partial charge in [-0.3, -0.25) is 4.79 Å². The molecule has 6 nitrogen and oxygen atoms in total. The number of halogens is 1. The van der Waals surface area contributed by atoms with Crippen LogP contribution < -0.4 is 4.74 Å². The quantitative estimate of drug-likeness (QED) is 0.885. The number of hydrogen-bond donors (Lipinski definition) is 1. The second-order valence-corrected chi connectivity index (χ2v) is 6.64. The number of nitrogens with zero attached hydrogens (tertiary/aromatic N) is 2. The van der Waals surface area contributed by atoms with Crippen LogP contribution in [0.2, 0.25) is 0 Å². The van der Waals surface area contributed by atoms with Gasteiger partial charge in [0.25, 0.3) is 5.91 Å². The smallest absolute Gasteiger partial charge is 0.276 e. The first-order chi connectivity index (χ1) is 12.5. The van der Waals surface area contributed by atoms with Crippen molar-refractivity contribution >= 4 is 5.91 Å². The van der Waals surface area contributed by atoms with E-state index in [-0.39, 0.29) is 18.3 Å². The third-order valence-electron chi connectivity index (χ3n) is 4.65. The minimum atomic E-state index is -1.03. The van der Waals surface area contributed by atoms with Gasteiger partial charge in [0.05, 0.1) is 0 Å². The summed E-state index contributed by atoms with van der Waals surface area (Å²) in [4.78, 5) is 14.2. The van der Waals surface area contributed by atoms with Crippen molar-refractivity contribution in [3.8, 4) is 5.75 Å². The van der Waals surface area contributed by atoms with Crippen LogP contribution in [0.15, 0.2) is 34.9 Å². The van der Waals surface area contributed by atoms with E-state index >= 15 is 0 Å². The Balaban J connectivity index is 1.57. The minimum absolute atomic E-state index is 0.102. The molecule has 1 fully saturated rings. The third-order valence-corrected chi connectivity index (χ3v) is 4.65. The number of carbonyl (C=O) groups is 1. The molecule has 1 saturated heterocycles. The second-order valence-electron chi connectivity index (χ2n) is 6.64. The summed E-state index contributed by atoms with van der Waals surface area (Å²) in [5, 5.41) is 14.6. The van der Waals surface area contributed by atoms with Crippen molar-refractivity contribution in [2.45, 2.75) is 38.2 Å². The molecule has 3 rings (SSSR count). The number of amides is 1. The van der Waals surface area contributed by atoms with Gasteiger partial charge in [0.1, 0.15) is 29.5 Å². The van der Waals surface area contributed by atoms with E-state index in [9.17, 15) is 14.3 Å². The molecule has 2 heterocycles. The Bertz CT molecular complexity index is 746. The fourth-order valence-electron chi connectivity index (χ4n) is 3.02. The molecule has 1 aliphatic rings. The molecule has 1 aromatic heterocycles. The highest BCUT2D eigenvalue weighted by Gasteiger charge is 2.33. The van der Waals surface area contributed by atoms with Gasteiger partial charge in [0, 0.05) is 25.6 Å². The van der Waals surface area contributed by atoms with Gasteiger partial charge in [0.2, 0.25) is 0 Å². The minimum Gasteiger partial charge on any atom is -0.491 e. The Labute approximate surface area is 151 Å². The molecule has 0 spiro atoms. The lowest BCUT2D eigenvalue weighted by molar-refractivity contribution is -0.0163. The highest BCUT2D eigenvalue weighted by atomic mass is 19.1. The summed E-state index contributed by atoms with van der Waals surface area (Å²) < 4.78 is 23.6. The zero-order chi connectivity index (χ0) is 18.6. The lowest BCUT2D eigenvalue weighted by Crippen LogP contribution is -2.38. The van der Waals surface area contributed by atoms with Crippen LogP contribution in [-0.2, 0) is 6.42 Å². The molecule has 1 amide bonds. The molecule has 140 valence electrons. The SMILES string of the molecule is CCc1cc(C(=O)N2CCCC(O)(COc3ccc(F)cc3)CC2)no1. The monoisotopic (exact) mass is 362 g/mol. The molecule has 0 saturated carbocycles. The van der Waals surface area contributed by atoms with Crippen LogP contribution in [0.25, 0.3) is 0 Å². The predicted molar refractivity (Wildman–Crippen MR) is 92.5 cm³/mol. The topological polar surface area (TPSA) is 75.8 Å². The first-order valence-corrected chi connectivity index (χ1v) is 8.85. The molecule has 1 aromatic carbocycles. The fraction of sp³-hybridized carbons (Fsp3) is 0.474. The maximum atomic E-state index is 12.9. The summed E-state index contributed by atoms with van der Waals surface area (Å²) >= 11 is 0. The first-order valence-electron chi connectivity index (χ1n) is 8.85. The van der Waals surface area contributed by atoms with Crippen LogP contribution in [0.3, 0.4) is 0 Å². The lowest BCUT2D eigenvalue weighted by atomic mass is 9.96. The van der Waals surface area contributed by atoms with Crippen molar-refractivity contribution in [1.29, 1.82) is 0 Å². The average molecular weight is 362 g/mol. The van der Waals surface area contributed by atoms with Crippen LogP contribution in [0.5, 0.6) is 5.75 Å². The van der Waals surface area contributed by atoms with Crippen LogP contribution in [0.1, 0.15) is 42.4 Å². The average Bonchev–Trinajstić information content (AvgIpc) is 3.04. The molecule has 2 aromatic rings. The standard InChI is InChI=1S/C19H23FN2O4/c1-2-15-12-17(21-26-15)18(23)22-10-3-8-19(24,9-11-22)13-25-16-6-4-14(20)5-7-16/h4-7,12,24H,2-3,8-11,13H2,1H3. The van der Waals surface area contributed by atoms with Crippen molar-refractivity contribution in [3.05, 3.63) is 47.6 Å². The number of aromatic nitrogens is 1. The van der Waals surface area contributed by atoms with Crippen LogP contribution in [0.4, 0.5) is 4.39 Å². The number of likely N-dealkylation sites (tertiary alicyclic amines) is 1. The van der Waals surface area contributed by atoms with E-state index in [0.717, 1.165) is 0 Å². The summed E-state index contributed by atoms with van der Waals surface area (Å²) in [6, 6.07) is 7.35. The molecular weight excluding hydrogens is 339 g/mol. The Hall–Kier alpha value is -2.41. The largest absolute Gasteiger partial charge is 0.491 e. The first kappa shape index (κ1) is 18.4. The van der Waals surface area contributed by atoms with Gasteiger partial charge >= 0.3 is 0 Å². The van der Waals surface area contributed by atoms with Gasteiger partial charge in [0.15, 0.2) is 5.69 Å². The highest BCUT2D eigenvalue weighted by molar-refractivity contribution is 5.92. The molecule has 26 heavy (non-hydrogen) atoms. The zero-order valence-electron chi connectivity index (χ0n) is 14.8. The normalized spacial score (nSPS) is 20.7. The molecule has 0 bridgehead atoms. The Morgan fingerprint density at radius 1 is 1.35 bits per heavy atom. The number of rotatable bonds is 5. The van der Waals surface area contributed by atoms with E-state index in [4.69, 9.17) is 9.26 Å². The summed E-state index contributed by atoms with van der Waals surface area (Å²) in [6.45, 7) is 3.00. The number of aryl methyl sites for hydroxylation is 1. The van der Waals surface area contributed by atoms with Gasteiger partial charge in [-0.15, -0.1) is 0 Å². The molecule has 7 heteroatoms. The lowest BCUT2D eigenvalue weighted by Gasteiger charge is -2.26. The number of benzene rings is 1. The van der Waals surface area contributed by atoms with Crippen molar-refractivity contribution in [1.82, 2.24) is 10.1 Å². The number of hydrogen-bond acceptors (Lipinski definition) is 5. The maximum Gasteiger partial charge on any atom is 0.276 e. The molecule has 1 aliphatic heterocycles. The molecule has 1 unspecified atom stereocenters. The van der Waals surface area contributed by atoms with E-state index in [1.807, 2.05) is 6.92 Å². The van der Waals surface area contributed by atoms with Crippen LogP contribution in [-0.4, -0.2) is 46.4 Å². The number of carbonyl (C=O) groups excluding carboxylic acids is 1. The molecular formula is C19H23FN2O4. The van der Waals surface area contributed by atoms with Gasteiger partial charge < -0.3 is 19.3 Å². The van der Waals surface area contributed by atoms with Crippen LogP contribution >= 0.6 is 0 Å². The Kier molecular flexibility index (Phi) is 5.56. The molecule has 1 N–H and O–H groups in total. The van der Waals surface area contributed by atoms with Crippen LogP contribution in [0, 0.1) is 5.82 Å². The summed E-state index contributed by atoms with van der Waals surface area (Å²) in [7, 11) is 0. The Morgan fingerprint density at radius 3 is 2.81 bits per heavy atom. The fourth-order valence-corrected chi connectivity index (χ4v) is 3.02. The van der Waals surface area contributed by atoms with Gasteiger partial charge in [-0.25, -0.2) is 4.39 Å². The van der Waals surface area contributed by atoms with E-state index in [1.165, 1.54) is 24.3 Å². The Morgan fingerprint density at radius 2 is 2.12 bits per heavy atom. The summed E-state index contributed by atoms with van der Waals surface area (Å²) in [5.74, 6) is 0.662. The van der Waals surface area contributed by atoms with Gasteiger partial charge in [-0.2, -0.15) is 0 Å². The van der Waals surface area contributed by atoms with E-state index in [0.29, 0.717) is 56.0 Å². The third kappa shape index (κ3) is 4.40. The van der Waals surface area contributed by atoms with Crippen molar-refractivity contribution < 1.29 is 23.6 Å². The van der Waals surface area contributed by atoms with E-state index < -0.39 is 5.60 Å². The second kappa shape index (κ2) is 7.86. The number of aliphatic hydroxyl groups is 1. The molecule has 1 atom stereocenters. The predicted octanol–water partition coefficient (Wildman–Crippen LogP) is 2.81. The summed E-state index contributed by atoms with van der Waals surface area (Å²) in [6.07, 6.45) is 2.27. The van der Waals surface area contributed by atoms with Crippen molar-refractivity contribution in [3.63, 3.8) is 0 Å².